The van der Waals surface area contributed by atoms with Crippen LogP contribution < -0.4 is 5.32 Å². The van der Waals surface area contributed by atoms with Crippen molar-refractivity contribution in [3.63, 3.8) is 0 Å². The van der Waals surface area contributed by atoms with Gasteiger partial charge in [-0.1, -0.05) is 0 Å². The lowest BCUT2D eigenvalue weighted by atomic mass is 10.1. The van der Waals surface area contributed by atoms with Crippen LogP contribution in [-0.4, -0.2) is 41.9 Å². The molecule has 3 rings (SSSR count). The van der Waals surface area contributed by atoms with Crippen LogP contribution in [0.4, 0.5) is 5.69 Å². The third kappa shape index (κ3) is 3.77. The average molecular weight is 382 g/mol. The molecule has 0 unspecified atom stereocenters. The highest BCUT2D eigenvalue weighted by Crippen LogP contribution is 2.25. The Kier molecular flexibility index (Phi) is 5.51. The average Bonchev–Trinajstić information content (AvgIpc) is 3.05. The molecule has 23 heavy (non-hydrogen) atoms. The molecule has 0 saturated carbocycles. The number of benzene rings is 1. The number of carbonyl (C=O) groups is 1. The number of hydrogen-bond donors (Lipinski definition) is 1. The third-order valence-corrected chi connectivity index (χ3v) is 3.58. The predicted octanol–water partition coefficient (Wildman–Crippen LogP) is 2.48. The van der Waals surface area contributed by atoms with Crippen LogP contribution in [-0.2, 0) is 0 Å². The van der Waals surface area contributed by atoms with Gasteiger partial charge in [-0.05, 0) is 24.3 Å². The van der Waals surface area contributed by atoms with Crippen molar-refractivity contribution in [3.8, 4) is 11.3 Å². The number of rotatable bonds is 3. The Labute approximate surface area is 143 Å². The first-order valence-electron chi connectivity index (χ1n) is 7.00. The van der Waals surface area contributed by atoms with Crippen molar-refractivity contribution in [2.24, 2.45) is 0 Å². The molecule has 8 heteroatoms. The lowest BCUT2D eigenvalue weighted by Crippen LogP contribution is -2.46. The molecular formula is C15H16BrN3O4. The minimum Gasteiger partial charge on any atom is -0.451 e. The molecule has 1 aliphatic rings. The number of nitro groups is 1. The standard InChI is InChI=1S/C15H15N3O4.BrH/c19-15(17-9-7-16-8-10-17)14-6-5-13(22-14)11-1-3-12(4-2-11)18(20)21;/h1-6,16H,7-10H2;1H. The molecule has 1 N–H and O–H groups in total. The first-order chi connectivity index (χ1) is 10.6. The van der Waals surface area contributed by atoms with Crippen molar-refractivity contribution in [2.75, 3.05) is 26.2 Å². The summed E-state index contributed by atoms with van der Waals surface area (Å²) in [6.07, 6.45) is 0. The topological polar surface area (TPSA) is 88.6 Å². The molecule has 0 atom stereocenters. The van der Waals surface area contributed by atoms with Gasteiger partial charge in [0.05, 0.1) is 4.92 Å². The molecule has 1 fully saturated rings. The molecule has 7 nitrogen and oxygen atoms in total. The fourth-order valence-electron chi connectivity index (χ4n) is 2.38. The molecule has 122 valence electrons. The second-order valence-electron chi connectivity index (χ2n) is 5.01. The zero-order chi connectivity index (χ0) is 15.5. The highest BCUT2D eigenvalue weighted by Gasteiger charge is 2.21. The van der Waals surface area contributed by atoms with Gasteiger partial charge in [0.25, 0.3) is 11.6 Å². The van der Waals surface area contributed by atoms with Gasteiger partial charge in [0.1, 0.15) is 5.76 Å². The summed E-state index contributed by atoms with van der Waals surface area (Å²) in [7, 11) is 0. The Balaban J connectivity index is 0.00000192. The summed E-state index contributed by atoms with van der Waals surface area (Å²) in [5.74, 6) is 0.679. The quantitative estimate of drug-likeness (QED) is 0.651. The van der Waals surface area contributed by atoms with Crippen molar-refractivity contribution >= 4 is 28.6 Å². The summed E-state index contributed by atoms with van der Waals surface area (Å²) in [5.41, 5.74) is 0.720. The Bertz CT molecular complexity index is 693. The molecule has 0 spiro atoms. The minimum atomic E-state index is -0.453. The van der Waals surface area contributed by atoms with Crippen LogP contribution in [0.25, 0.3) is 11.3 Å². The number of nitro benzene ring substituents is 1. The monoisotopic (exact) mass is 381 g/mol. The number of amides is 1. The number of piperazine rings is 1. The van der Waals surface area contributed by atoms with Gasteiger partial charge in [-0.2, -0.15) is 0 Å². The van der Waals surface area contributed by atoms with E-state index in [1.165, 1.54) is 12.1 Å². The summed E-state index contributed by atoms with van der Waals surface area (Å²) in [4.78, 5) is 24.2. The highest BCUT2D eigenvalue weighted by molar-refractivity contribution is 8.93. The van der Waals surface area contributed by atoms with Crippen LogP contribution in [0.1, 0.15) is 10.6 Å². The Morgan fingerprint density at radius 2 is 1.78 bits per heavy atom. The summed E-state index contributed by atoms with van der Waals surface area (Å²) in [5, 5.41) is 13.8. The fourth-order valence-corrected chi connectivity index (χ4v) is 2.38. The van der Waals surface area contributed by atoms with E-state index in [9.17, 15) is 14.9 Å². The molecule has 1 aromatic heterocycles. The van der Waals surface area contributed by atoms with E-state index in [0.29, 0.717) is 24.4 Å². The third-order valence-electron chi connectivity index (χ3n) is 3.58. The molecule has 1 aliphatic heterocycles. The minimum absolute atomic E-state index is 0. The van der Waals surface area contributed by atoms with E-state index in [0.717, 1.165) is 13.1 Å². The zero-order valence-corrected chi connectivity index (χ0v) is 13.9. The van der Waals surface area contributed by atoms with E-state index in [2.05, 4.69) is 5.32 Å². The van der Waals surface area contributed by atoms with Gasteiger partial charge in [-0.25, -0.2) is 0 Å². The molecular weight excluding hydrogens is 366 g/mol. The number of non-ortho nitro benzene ring substituents is 1. The van der Waals surface area contributed by atoms with Gasteiger partial charge in [-0.15, -0.1) is 17.0 Å². The van der Waals surface area contributed by atoms with E-state index < -0.39 is 4.92 Å². The van der Waals surface area contributed by atoms with Crippen molar-refractivity contribution in [1.82, 2.24) is 10.2 Å². The Morgan fingerprint density at radius 3 is 2.39 bits per heavy atom. The molecule has 2 aromatic rings. The summed E-state index contributed by atoms with van der Waals surface area (Å²) in [6, 6.07) is 9.38. The maximum absolute atomic E-state index is 12.3. The Morgan fingerprint density at radius 1 is 1.13 bits per heavy atom. The van der Waals surface area contributed by atoms with E-state index >= 15 is 0 Å². The van der Waals surface area contributed by atoms with Crippen molar-refractivity contribution in [3.05, 3.63) is 52.3 Å². The fraction of sp³-hybridized carbons (Fsp3) is 0.267. The lowest BCUT2D eigenvalue weighted by Gasteiger charge is -2.26. The predicted molar refractivity (Wildman–Crippen MR) is 89.9 cm³/mol. The first-order valence-corrected chi connectivity index (χ1v) is 7.00. The number of furan rings is 1. The van der Waals surface area contributed by atoms with E-state index in [4.69, 9.17) is 4.42 Å². The van der Waals surface area contributed by atoms with Crippen LogP contribution in [0, 0.1) is 10.1 Å². The molecule has 2 heterocycles. The molecule has 0 radical (unpaired) electrons. The van der Waals surface area contributed by atoms with Gasteiger partial charge in [-0.3, -0.25) is 14.9 Å². The maximum Gasteiger partial charge on any atom is 0.289 e. The molecule has 0 bridgehead atoms. The van der Waals surface area contributed by atoms with Gasteiger partial charge >= 0.3 is 0 Å². The first kappa shape index (κ1) is 17.2. The van der Waals surface area contributed by atoms with E-state index in [1.54, 1.807) is 29.2 Å². The SMILES string of the molecule is Br.O=C(c1ccc(-c2ccc([N+](=O)[O-])cc2)o1)N1CCNCC1. The highest BCUT2D eigenvalue weighted by atomic mass is 79.9. The zero-order valence-electron chi connectivity index (χ0n) is 12.2. The largest absolute Gasteiger partial charge is 0.451 e. The van der Waals surface area contributed by atoms with Crippen LogP contribution in [0.3, 0.4) is 0 Å². The maximum atomic E-state index is 12.3. The van der Waals surface area contributed by atoms with Crippen molar-refractivity contribution in [1.29, 1.82) is 0 Å². The van der Waals surface area contributed by atoms with Crippen molar-refractivity contribution < 1.29 is 14.1 Å². The van der Waals surface area contributed by atoms with Gasteiger partial charge in [0.2, 0.25) is 0 Å². The number of nitrogens with one attached hydrogen (secondary N) is 1. The normalized spacial score (nSPS) is 14.2. The summed E-state index contributed by atoms with van der Waals surface area (Å²) >= 11 is 0. The number of carbonyl (C=O) groups excluding carboxylic acids is 1. The van der Waals surface area contributed by atoms with E-state index in [-0.39, 0.29) is 34.3 Å². The molecule has 1 aromatic carbocycles. The van der Waals surface area contributed by atoms with Crippen LogP contribution in [0.5, 0.6) is 0 Å². The molecule has 0 aliphatic carbocycles. The summed E-state index contributed by atoms with van der Waals surface area (Å²) < 4.78 is 5.60. The van der Waals surface area contributed by atoms with Crippen LogP contribution in [0.15, 0.2) is 40.8 Å². The smallest absolute Gasteiger partial charge is 0.289 e. The lowest BCUT2D eigenvalue weighted by molar-refractivity contribution is -0.384. The number of halogens is 1. The second-order valence-corrected chi connectivity index (χ2v) is 5.01. The van der Waals surface area contributed by atoms with Gasteiger partial charge in [0, 0.05) is 43.9 Å². The van der Waals surface area contributed by atoms with Gasteiger partial charge in [0.15, 0.2) is 5.76 Å². The van der Waals surface area contributed by atoms with Gasteiger partial charge < -0.3 is 14.6 Å². The molecule has 1 amide bonds. The second kappa shape index (κ2) is 7.38. The number of hydrogen-bond acceptors (Lipinski definition) is 5. The van der Waals surface area contributed by atoms with E-state index in [1.807, 2.05) is 0 Å². The summed E-state index contributed by atoms with van der Waals surface area (Å²) in [6.45, 7) is 2.88. The Hall–Kier alpha value is -2.19. The van der Waals surface area contributed by atoms with Crippen molar-refractivity contribution in [2.45, 2.75) is 0 Å². The number of nitrogens with zero attached hydrogens (tertiary/aromatic N) is 2. The van der Waals surface area contributed by atoms with Crippen LogP contribution >= 0.6 is 17.0 Å². The van der Waals surface area contributed by atoms with Crippen LogP contribution in [0.2, 0.25) is 0 Å². The molecule has 1 saturated heterocycles.